The molecule has 1 saturated carbocycles. The number of methoxy groups -OCH3 is 1. The van der Waals surface area contributed by atoms with Crippen molar-refractivity contribution >= 4 is 32.6 Å². The minimum Gasteiger partial charge on any atom is -0.484 e. The molecule has 2 aromatic carbocycles. The van der Waals surface area contributed by atoms with E-state index in [1.54, 1.807) is 0 Å². The number of ether oxygens (including phenoxy) is 2. The molecule has 0 amide bonds. The predicted octanol–water partition coefficient (Wildman–Crippen LogP) is 5.29. The van der Waals surface area contributed by atoms with Gasteiger partial charge in [-0.3, -0.25) is 0 Å². The summed E-state index contributed by atoms with van der Waals surface area (Å²) >= 11 is 1.30. The number of aliphatic hydroxyl groups excluding tert-OH is 1. The number of alkyl halides is 2. The highest BCUT2D eigenvalue weighted by Crippen LogP contribution is 2.39. The number of thiazole rings is 1. The van der Waals surface area contributed by atoms with Gasteiger partial charge in [0, 0.05) is 24.1 Å². The first-order valence-corrected chi connectivity index (χ1v) is 11.2. The van der Waals surface area contributed by atoms with Crippen molar-refractivity contribution in [3.8, 4) is 22.2 Å². The Balaban J connectivity index is 1.54. The van der Waals surface area contributed by atoms with Gasteiger partial charge in [-0.1, -0.05) is 0 Å². The highest BCUT2D eigenvalue weighted by Gasteiger charge is 2.42. The number of fused-ring (bicyclic) bond motifs is 2. The van der Waals surface area contributed by atoms with Crippen molar-refractivity contribution in [3.05, 3.63) is 41.8 Å². The Hall–Kier alpha value is -2.98. The number of halogens is 3. The fourth-order valence-corrected chi connectivity index (χ4v) is 5.00. The van der Waals surface area contributed by atoms with Crippen LogP contribution in [0.15, 0.2) is 30.5 Å². The van der Waals surface area contributed by atoms with E-state index in [-0.39, 0.29) is 12.2 Å². The van der Waals surface area contributed by atoms with Crippen LogP contribution in [0.25, 0.3) is 31.8 Å². The number of aromatic nitrogens is 3. The standard InChI is InChI=1S/C23H20F3N3O3S/c1-11-5-12(21-15(6-11)28-20(31-2)10-27-21)22-29-14-7-13(24)17(8-19(14)33-22)32-18-9-23(25,26)4-3-16(18)30/h5-8,10,16,18,30H,3-4,9H2,1-2H3/t16-,18+/m1/s1. The van der Waals surface area contributed by atoms with Crippen LogP contribution in [-0.4, -0.2) is 45.3 Å². The Labute approximate surface area is 191 Å². The largest absolute Gasteiger partial charge is 0.484 e. The van der Waals surface area contributed by atoms with Crippen LogP contribution >= 0.6 is 11.3 Å². The van der Waals surface area contributed by atoms with Gasteiger partial charge in [0.25, 0.3) is 5.92 Å². The van der Waals surface area contributed by atoms with E-state index in [2.05, 4.69) is 15.0 Å². The maximum absolute atomic E-state index is 14.7. The second-order valence-electron chi connectivity index (χ2n) is 8.18. The van der Waals surface area contributed by atoms with Gasteiger partial charge >= 0.3 is 0 Å². The van der Waals surface area contributed by atoms with Crippen molar-refractivity contribution in [1.82, 2.24) is 15.0 Å². The number of aliphatic hydroxyl groups is 1. The fourth-order valence-electron chi connectivity index (χ4n) is 4.01. The zero-order chi connectivity index (χ0) is 23.3. The van der Waals surface area contributed by atoms with Gasteiger partial charge in [-0.15, -0.1) is 11.3 Å². The van der Waals surface area contributed by atoms with E-state index >= 15 is 0 Å². The van der Waals surface area contributed by atoms with Crippen molar-refractivity contribution in [2.45, 2.75) is 44.3 Å². The highest BCUT2D eigenvalue weighted by molar-refractivity contribution is 7.21. The Morgan fingerprint density at radius 1 is 1.15 bits per heavy atom. The average Bonchev–Trinajstić information content (AvgIpc) is 3.17. The molecule has 0 unspecified atom stereocenters. The first-order chi connectivity index (χ1) is 15.7. The van der Waals surface area contributed by atoms with Crippen LogP contribution in [0.4, 0.5) is 13.2 Å². The number of hydrogen-bond donors (Lipinski definition) is 1. The summed E-state index contributed by atoms with van der Waals surface area (Å²) in [6, 6.07) is 6.47. The van der Waals surface area contributed by atoms with Crippen LogP contribution in [0.5, 0.6) is 11.6 Å². The summed E-state index contributed by atoms with van der Waals surface area (Å²) in [5.74, 6) is -3.46. The number of hydrogen-bond acceptors (Lipinski definition) is 7. The number of rotatable bonds is 4. The maximum Gasteiger partial charge on any atom is 0.251 e. The average molecular weight is 475 g/mol. The molecule has 0 spiro atoms. The van der Waals surface area contributed by atoms with Gasteiger partial charge in [0.2, 0.25) is 5.88 Å². The molecule has 0 bridgehead atoms. The van der Waals surface area contributed by atoms with Gasteiger partial charge < -0.3 is 14.6 Å². The molecule has 6 nitrogen and oxygen atoms in total. The molecule has 1 fully saturated rings. The zero-order valence-electron chi connectivity index (χ0n) is 17.8. The molecule has 1 aliphatic carbocycles. The molecular weight excluding hydrogens is 455 g/mol. The zero-order valence-corrected chi connectivity index (χ0v) is 18.6. The Bertz CT molecular complexity index is 1360. The van der Waals surface area contributed by atoms with Gasteiger partial charge in [0.05, 0.1) is 47.1 Å². The quantitative estimate of drug-likeness (QED) is 0.432. The summed E-state index contributed by atoms with van der Waals surface area (Å²) in [6.45, 7) is 1.92. The topological polar surface area (TPSA) is 77.4 Å². The van der Waals surface area contributed by atoms with Crippen LogP contribution in [-0.2, 0) is 0 Å². The minimum absolute atomic E-state index is 0.0987. The molecule has 172 valence electrons. The molecule has 2 heterocycles. The van der Waals surface area contributed by atoms with Gasteiger partial charge in [0.1, 0.15) is 11.1 Å². The van der Waals surface area contributed by atoms with Crippen LogP contribution < -0.4 is 9.47 Å². The van der Waals surface area contributed by atoms with Crippen molar-refractivity contribution < 1.29 is 27.8 Å². The molecule has 5 rings (SSSR count). The molecule has 33 heavy (non-hydrogen) atoms. The van der Waals surface area contributed by atoms with Gasteiger partial charge in [-0.25, -0.2) is 28.1 Å². The minimum atomic E-state index is -2.95. The molecule has 0 saturated heterocycles. The maximum atomic E-state index is 14.7. The normalized spacial score (nSPS) is 20.3. The van der Waals surface area contributed by atoms with Crippen LogP contribution in [0.3, 0.4) is 0 Å². The summed E-state index contributed by atoms with van der Waals surface area (Å²) in [5, 5.41) is 10.7. The molecule has 10 heteroatoms. The van der Waals surface area contributed by atoms with Crippen molar-refractivity contribution in [1.29, 1.82) is 0 Å². The molecule has 1 N–H and O–H groups in total. The fraction of sp³-hybridized carbons (Fsp3) is 0.348. The highest BCUT2D eigenvalue weighted by atomic mass is 32.1. The summed E-state index contributed by atoms with van der Waals surface area (Å²) < 4.78 is 53.6. The van der Waals surface area contributed by atoms with E-state index in [1.165, 1.54) is 36.8 Å². The summed E-state index contributed by atoms with van der Waals surface area (Å²) in [4.78, 5) is 13.4. The molecular formula is C23H20F3N3O3S. The third kappa shape index (κ3) is 4.20. The second-order valence-corrected chi connectivity index (χ2v) is 9.22. The number of nitrogens with zero attached hydrogens (tertiary/aromatic N) is 3. The lowest BCUT2D eigenvalue weighted by molar-refractivity contribution is -0.114. The lowest BCUT2D eigenvalue weighted by atomic mass is 9.91. The molecule has 2 aromatic heterocycles. The van der Waals surface area contributed by atoms with E-state index in [9.17, 15) is 18.3 Å². The van der Waals surface area contributed by atoms with E-state index < -0.39 is 36.8 Å². The molecule has 0 radical (unpaired) electrons. The monoisotopic (exact) mass is 475 g/mol. The predicted molar refractivity (Wildman–Crippen MR) is 119 cm³/mol. The van der Waals surface area contributed by atoms with Gasteiger partial charge in [-0.05, 0) is 31.0 Å². The van der Waals surface area contributed by atoms with Crippen molar-refractivity contribution in [2.24, 2.45) is 0 Å². The van der Waals surface area contributed by atoms with Crippen LogP contribution in [0.2, 0.25) is 0 Å². The third-order valence-corrected chi connectivity index (χ3v) is 6.72. The van der Waals surface area contributed by atoms with Gasteiger partial charge in [0.15, 0.2) is 11.6 Å². The summed E-state index contributed by atoms with van der Waals surface area (Å²) in [7, 11) is 1.52. The lowest BCUT2D eigenvalue weighted by Gasteiger charge is -2.33. The smallest absolute Gasteiger partial charge is 0.251 e. The SMILES string of the molecule is COc1cnc2c(-c3nc4cc(F)c(O[C@H]5CC(F)(F)CC[C@H]5O)cc4s3)cc(C)cc2n1. The van der Waals surface area contributed by atoms with E-state index in [1.807, 2.05) is 19.1 Å². The van der Waals surface area contributed by atoms with E-state index in [0.29, 0.717) is 32.1 Å². The van der Waals surface area contributed by atoms with Crippen molar-refractivity contribution in [2.75, 3.05) is 7.11 Å². The third-order valence-electron chi connectivity index (χ3n) is 5.66. The first kappa shape index (κ1) is 21.8. The Kier molecular flexibility index (Phi) is 5.37. The van der Waals surface area contributed by atoms with E-state index in [0.717, 1.165) is 11.1 Å². The Morgan fingerprint density at radius 2 is 1.97 bits per heavy atom. The summed E-state index contributed by atoms with van der Waals surface area (Å²) in [6.07, 6.45) is -1.90. The second kappa shape index (κ2) is 8.11. The van der Waals surface area contributed by atoms with E-state index in [4.69, 9.17) is 9.47 Å². The Morgan fingerprint density at radius 3 is 2.76 bits per heavy atom. The first-order valence-electron chi connectivity index (χ1n) is 10.4. The van der Waals surface area contributed by atoms with Crippen molar-refractivity contribution in [3.63, 3.8) is 0 Å². The van der Waals surface area contributed by atoms with Gasteiger partial charge in [-0.2, -0.15) is 0 Å². The van der Waals surface area contributed by atoms with Crippen LogP contribution in [0, 0.1) is 12.7 Å². The van der Waals surface area contributed by atoms with Crippen LogP contribution in [0.1, 0.15) is 24.8 Å². The number of aryl methyl sites for hydroxylation is 1. The lowest BCUT2D eigenvalue weighted by Crippen LogP contribution is -2.43. The number of benzene rings is 2. The molecule has 0 aliphatic heterocycles. The molecule has 1 aliphatic rings. The molecule has 4 aromatic rings. The molecule has 2 atom stereocenters. The summed E-state index contributed by atoms with van der Waals surface area (Å²) in [5.41, 5.74) is 3.37.